The monoisotopic (exact) mass is 253 g/mol. The molecule has 1 atom stereocenters. The molecule has 1 unspecified atom stereocenters. The molecule has 0 aliphatic rings. The van der Waals surface area contributed by atoms with Gasteiger partial charge in [0.05, 0.1) is 0 Å². The minimum Gasteiger partial charge on any atom is -0.356 e. The van der Waals surface area contributed by atoms with E-state index in [0.717, 1.165) is 25.8 Å². The van der Waals surface area contributed by atoms with Gasteiger partial charge in [0, 0.05) is 18.3 Å². The van der Waals surface area contributed by atoms with Gasteiger partial charge in [-0.1, -0.05) is 30.3 Å². The molecular weight excluding hydrogens is 234 g/mol. The van der Waals surface area contributed by atoms with Crippen LogP contribution in [0.15, 0.2) is 30.3 Å². The first kappa shape index (κ1) is 14.0. The first-order valence-corrected chi connectivity index (χ1v) is 6.57. The van der Waals surface area contributed by atoms with Crippen molar-refractivity contribution in [3.05, 3.63) is 35.9 Å². The van der Waals surface area contributed by atoms with Gasteiger partial charge in [-0.05, 0) is 31.7 Å². The van der Waals surface area contributed by atoms with Crippen LogP contribution in [0.25, 0.3) is 0 Å². The zero-order valence-corrected chi connectivity index (χ0v) is 11.0. The van der Waals surface area contributed by atoms with E-state index in [9.17, 15) is 4.79 Å². The van der Waals surface area contributed by atoms with Gasteiger partial charge in [0.25, 0.3) is 0 Å². The lowest BCUT2D eigenvalue weighted by atomic mass is 10.1. The van der Waals surface area contributed by atoms with Gasteiger partial charge in [-0.15, -0.1) is 11.6 Å². The van der Waals surface area contributed by atoms with Crippen LogP contribution in [0.1, 0.15) is 31.7 Å². The zero-order valence-electron chi connectivity index (χ0n) is 10.3. The lowest BCUT2D eigenvalue weighted by Crippen LogP contribution is -2.24. The number of aryl methyl sites for hydroxylation is 1. The lowest BCUT2D eigenvalue weighted by Gasteiger charge is -2.06. The molecule has 1 aromatic rings. The van der Waals surface area contributed by atoms with E-state index >= 15 is 0 Å². The minimum absolute atomic E-state index is 0.121. The summed E-state index contributed by atoms with van der Waals surface area (Å²) in [5.74, 6) is 0.121. The molecule has 1 rings (SSSR count). The number of rotatable bonds is 7. The van der Waals surface area contributed by atoms with Crippen molar-refractivity contribution in [1.29, 1.82) is 0 Å². The van der Waals surface area contributed by atoms with Gasteiger partial charge in [-0.25, -0.2) is 0 Å². The second-order valence-electron chi connectivity index (χ2n) is 4.26. The van der Waals surface area contributed by atoms with Crippen LogP contribution in [-0.4, -0.2) is 17.8 Å². The summed E-state index contributed by atoms with van der Waals surface area (Å²) in [7, 11) is 0. The van der Waals surface area contributed by atoms with E-state index in [-0.39, 0.29) is 11.3 Å². The van der Waals surface area contributed by atoms with Crippen molar-refractivity contribution in [3.8, 4) is 0 Å². The first-order chi connectivity index (χ1) is 8.18. The number of benzene rings is 1. The van der Waals surface area contributed by atoms with Gasteiger partial charge >= 0.3 is 0 Å². The number of alkyl halides is 1. The maximum absolute atomic E-state index is 11.5. The van der Waals surface area contributed by atoms with E-state index in [1.54, 1.807) is 0 Å². The number of hydrogen-bond donors (Lipinski definition) is 1. The van der Waals surface area contributed by atoms with E-state index in [2.05, 4.69) is 5.32 Å². The number of halogens is 1. The van der Waals surface area contributed by atoms with Gasteiger partial charge in [0.15, 0.2) is 0 Å². The van der Waals surface area contributed by atoms with Crippen LogP contribution in [0.2, 0.25) is 0 Å². The summed E-state index contributed by atoms with van der Waals surface area (Å²) in [6.07, 6.45) is 3.25. The van der Waals surface area contributed by atoms with Crippen LogP contribution in [0, 0.1) is 0 Å². The number of carbonyl (C=O) groups excluding carboxylic acids is 1. The van der Waals surface area contributed by atoms with Gasteiger partial charge in [0.1, 0.15) is 0 Å². The molecule has 0 fully saturated rings. The average molecular weight is 254 g/mol. The Kier molecular flexibility index (Phi) is 6.71. The molecule has 3 heteroatoms. The smallest absolute Gasteiger partial charge is 0.220 e. The molecule has 0 aliphatic carbocycles. The second kappa shape index (κ2) is 8.13. The van der Waals surface area contributed by atoms with Crippen LogP contribution in [0.5, 0.6) is 0 Å². The standard InChI is InChI=1S/C14H20ClNO/c1-12(15)6-5-11-16-14(17)10-9-13-7-3-2-4-8-13/h2-4,7-8,12H,5-6,9-11H2,1H3,(H,16,17). The largest absolute Gasteiger partial charge is 0.356 e. The van der Waals surface area contributed by atoms with Crippen LogP contribution >= 0.6 is 11.6 Å². The highest BCUT2D eigenvalue weighted by molar-refractivity contribution is 6.20. The maximum Gasteiger partial charge on any atom is 0.220 e. The summed E-state index contributed by atoms with van der Waals surface area (Å²) in [6.45, 7) is 2.70. The van der Waals surface area contributed by atoms with Crippen LogP contribution in [-0.2, 0) is 11.2 Å². The number of hydrogen-bond acceptors (Lipinski definition) is 1. The molecule has 0 saturated heterocycles. The third-order valence-corrected chi connectivity index (χ3v) is 2.80. The first-order valence-electron chi connectivity index (χ1n) is 6.13. The van der Waals surface area contributed by atoms with E-state index < -0.39 is 0 Å². The van der Waals surface area contributed by atoms with Crippen molar-refractivity contribution < 1.29 is 4.79 Å². The third kappa shape index (κ3) is 7.01. The predicted molar refractivity (Wildman–Crippen MR) is 72.3 cm³/mol. The normalized spacial score (nSPS) is 12.1. The molecular formula is C14H20ClNO. The molecule has 0 spiro atoms. The molecule has 2 nitrogen and oxygen atoms in total. The molecule has 1 N–H and O–H groups in total. The molecule has 1 amide bonds. The van der Waals surface area contributed by atoms with Crippen LogP contribution in [0.3, 0.4) is 0 Å². The Balaban J connectivity index is 2.09. The Bertz CT molecular complexity index is 324. The topological polar surface area (TPSA) is 29.1 Å². The highest BCUT2D eigenvalue weighted by atomic mass is 35.5. The quantitative estimate of drug-likeness (QED) is 0.587. The Morgan fingerprint density at radius 2 is 2.06 bits per heavy atom. The molecule has 0 radical (unpaired) electrons. The molecule has 0 bridgehead atoms. The summed E-state index contributed by atoms with van der Waals surface area (Å²) < 4.78 is 0. The Hall–Kier alpha value is -1.02. The van der Waals surface area contributed by atoms with Crippen LogP contribution in [0.4, 0.5) is 0 Å². The molecule has 1 aromatic carbocycles. The highest BCUT2D eigenvalue weighted by Crippen LogP contribution is 2.03. The van der Waals surface area contributed by atoms with Gasteiger partial charge in [-0.3, -0.25) is 4.79 Å². The molecule has 17 heavy (non-hydrogen) atoms. The number of amides is 1. The fourth-order valence-corrected chi connectivity index (χ4v) is 1.76. The summed E-state index contributed by atoms with van der Waals surface area (Å²) in [5, 5.41) is 3.10. The van der Waals surface area contributed by atoms with E-state index in [4.69, 9.17) is 11.6 Å². The summed E-state index contributed by atoms with van der Waals surface area (Å²) >= 11 is 5.82. The van der Waals surface area contributed by atoms with Crippen molar-refractivity contribution in [2.45, 2.75) is 38.0 Å². The molecule has 0 aromatic heterocycles. The third-order valence-electron chi connectivity index (χ3n) is 2.58. The minimum atomic E-state index is 0.121. The van der Waals surface area contributed by atoms with Gasteiger partial charge in [0.2, 0.25) is 5.91 Å². The van der Waals surface area contributed by atoms with Crippen molar-refractivity contribution >= 4 is 17.5 Å². The molecule has 94 valence electrons. The number of nitrogens with one attached hydrogen (secondary N) is 1. The van der Waals surface area contributed by atoms with Gasteiger partial charge < -0.3 is 5.32 Å². The van der Waals surface area contributed by atoms with E-state index in [0.29, 0.717) is 6.42 Å². The van der Waals surface area contributed by atoms with Crippen molar-refractivity contribution in [2.75, 3.05) is 6.54 Å². The Morgan fingerprint density at radius 1 is 1.35 bits per heavy atom. The Labute approximate surface area is 108 Å². The van der Waals surface area contributed by atoms with Crippen molar-refractivity contribution in [1.82, 2.24) is 5.32 Å². The van der Waals surface area contributed by atoms with Crippen molar-refractivity contribution in [3.63, 3.8) is 0 Å². The molecule has 0 saturated carbocycles. The summed E-state index contributed by atoms with van der Waals surface area (Å²) in [6, 6.07) is 10.1. The highest BCUT2D eigenvalue weighted by Gasteiger charge is 2.02. The van der Waals surface area contributed by atoms with E-state index in [1.165, 1.54) is 5.56 Å². The molecule has 0 heterocycles. The molecule has 0 aliphatic heterocycles. The van der Waals surface area contributed by atoms with Crippen molar-refractivity contribution in [2.24, 2.45) is 0 Å². The Morgan fingerprint density at radius 3 is 2.71 bits per heavy atom. The lowest BCUT2D eigenvalue weighted by molar-refractivity contribution is -0.121. The zero-order chi connectivity index (χ0) is 12.5. The SMILES string of the molecule is CC(Cl)CCCNC(=O)CCc1ccccc1. The van der Waals surface area contributed by atoms with Gasteiger partial charge in [-0.2, -0.15) is 0 Å². The number of carbonyl (C=O) groups is 1. The second-order valence-corrected chi connectivity index (χ2v) is 5.00. The maximum atomic E-state index is 11.5. The fraction of sp³-hybridized carbons (Fsp3) is 0.500. The summed E-state index contributed by atoms with van der Waals surface area (Å²) in [5.41, 5.74) is 1.21. The average Bonchev–Trinajstić information content (AvgIpc) is 2.33. The summed E-state index contributed by atoms with van der Waals surface area (Å²) in [4.78, 5) is 11.5. The fourth-order valence-electron chi connectivity index (χ4n) is 1.60. The predicted octanol–water partition coefficient (Wildman–Crippen LogP) is 3.14. The van der Waals surface area contributed by atoms with Crippen LogP contribution < -0.4 is 5.32 Å². The van der Waals surface area contributed by atoms with E-state index in [1.807, 2.05) is 37.3 Å².